The third kappa shape index (κ3) is 4.10. The first-order valence-corrected chi connectivity index (χ1v) is 8.51. The highest BCUT2D eigenvalue weighted by molar-refractivity contribution is 7.10. The van der Waals surface area contributed by atoms with Crippen LogP contribution in [0.25, 0.3) is 0 Å². The van der Waals surface area contributed by atoms with Crippen molar-refractivity contribution in [1.82, 2.24) is 9.80 Å². The zero-order valence-corrected chi connectivity index (χ0v) is 13.6. The standard InChI is InChI=1S/C17H19N3O2S/c21-16(13-15-7-4-12-23-15)19-8-10-20(11-9-19)17(22)18-14-5-2-1-3-6-14/h1-7,12H,8-11,13H2,(H,18,22). The summed E-state index contributed by atoms with van der Waals surface area (Å²) in [4.78, 5) is 29.1. The van der Waals surface area contributed by atoms with Gasteiger partial charge in [-0.15, -0.1) is 11.3 Å². The Labute approximate surface area is 139 Å². The number of urea groups is 1. The van der Waals surface area contributed by atoms with Crippen LogP contribution in [-0.2, 0) is 11.2 Å². The summed E-state index contributed by atoms with van der Waals surface area (Å²) >= 11 is 1.60. The summed E-state index contributed by atoms with van der Waals surface area (Å²) < 4.78 is 0. The molecule has 0 bridgehead atoms. The molecule has 1 fully saturated rings. The van der Waals surface area contributed by atoms with E-state index in [9.17, 15) is 9.59 Å². The predicted octanol–water partition coefficient (Wildman–Crippen LogP) is 2.67. The van der Waals surface area contributed by atoms with E-state index in [0.717, 1.165) is 10.6 Å². The number of benzene rings is 1. The minimum atomic E-state index is -0.110. The maximum atomic E-state index is 12.2. The van der Waals surface area contributed by atoms with Crippen molar-refractivity contribution in [3.8, 4) is 0 Å². The van der Waals surface area contributed by atoms with Gasteiger partial charge >= 0.3 is 6.03 Å². The summed E-state index contributed by atoms with van der Waals surface area (Å²) in [6.45, 7) is 2.31. The molecule has 0 unspecified atom stereocenters. The van der Waals surface area contributed by atoms with E-state index in [0.29, 0.717) is 32.6 Å². The summed E-state index contributed by atoms with van der Waals surface area (Å²) in [6.07, 6.45) is 0.452. The highest BCUT2D eigenvalue weighted by Crippen LogP contribution is 2.13. The van der Waals surface area contributed by atoms with E-state index in [1.54, 1.807) is 16.2 Å². The number of para-hydroxylation sites is 1. The first kappa shape index (κ1) is 15.6. The number of nitrogens with zero attached hydrogens (tertiary/aromatic N) is 2. The summed E-state index contributed by atoms with van der Waals surface area (Å²) in [6, 6.07) is 13.2. The van der Waals surface area contributed by atoms with Gasteiger partial charge in [-0.3, -0.25) is 4.79 Å². The van der Waals surface area contributed by atoms with Gasteiger partial charge < -0.3 is 15.1 Å². The minimum absolute atomic E-state index is 0.110. The predicted molar refractivity (Wildman–Crippen MR) is 91.6 cm³/mol. The van der Waals surface area contributed by atoms with Gasteiger partial charge in [-0.2, -0.15) is 0 Å². The van der Waals surface area contributed by atoms with Gasteiger partial charge in [0.05, 0.1) is 6.42 Å². The average molecular weight is 329 g/mol. The lowest BCUT2D eigenvalue weighted by atomic mass is 10.2. The summed E-state index contributed by atoms with van der Waals surface area (Å²) in [5.41, 5.74) is 0.786. The van der Waals surface area contributed by atoms with Crippen LogP contribution in [0.15, 0.2) is 47.8 Å². The number of thiophene rings is 1. The first-order valence-electron chi connectivity index (χ1n) is 7.63. The lowest BCUT2D eigenvalue weighted by molar-refractivity contribution is -0.131. The Balaban J connectivity index is 1.48. The Kier molecular flexibility index (Phi) is 4.92. The van der Waals surface area contributed by atoms with Gasteiger partial charge in [-0.05, 0) is 23.6 Å². The van der Waals surface area contributed by atoms with Crippen LogP contribution in [0, 0.1) is 0 Å². The highest BCUT2D eigenvalue weighted by atomic mass is 32.1. The molecule has 1 aromatic carbocycles. The quantitative estimate of drug-likeness (QED) is 0.941. The van der Waals surface area contributed by atoms with Gasteiger partial charge in [-0.25, -0.2) is 4.79 Å². The van der Waals surface area contributed by atoms with Crippen LogP contribution in [0.3, 0.4) is 0 Å². The fourth-order valence-electron chi connectivity index (χ4n) is 2.56. The van der Waals surface area contributed by atoms with Crippen molar-refractivity contribution in [2.24, 2.45) is 0 Å². The van der Waals surface area contributed by atoms with Crippen LogP contribution in [-0.4, -0.2) is 47.9 Å². The third-order valence-electron chi connectivity index (χ3n) is 3.85. The average Bonchev–Trinajstić information content (AvgIpc) is 3.09. The molecule has 0 saturated carbocycles. The highest BCUT2D eigenvalue weighted by Gasteiger charge is 2.24. The number of piperazine rings is 1. The molecule has 2 heterocycles. The molecule has 5 nitrogen and oxygen atoms in total. The van der Waals surface area contributed by atoms with E-state index < -0.39 is 0 Å². The lowest BCUT2D eigenvalue weighted by Crippen LogP contribution is -2.52. The zero-order chi connectivity index (χ0) is 16.1. The van der Waals surface area contributed by atoms with Crippen LogP contribution < -0.4 is 5.32 Å². The fraction of sp³-hybridized carbons (Fsp3) is 0.294. The second-order valence-corrected chi connectivity index (χ2v) is 6.45. The monoisotopic (exact) mass is 329 g/mol. The number of carbonyl (C=O) groups excluding carboxylic acids is 2. The van der Waals surface area contributed by atoms with E-state index >= 15 is 0 Å². The number of anilines is 1. The molecule has 1 aliphatic heterocycles. The summed E-state index contributed by atoms with van der Waals surface area (Å²) in [5, 5.41) is 4.86. The second kappa shape index (κ2) is 7.28. The normalized spacial score (nSPS) is 14.6. The fourth-order valence-corrected chi connectivity index (χ4v) is 3.25. The topological polar surface area (TPSA) is 52.7 Å². The SMILES string of the molecule is O=C(Cc1cccs1)N1CCN(C(=O)Nc2ccccc2)CC1. The van der Waals surface area contributed by atoms with Gasteiger partial charge in [0.25, 0.3) is 0 Å². The van der Waals surface area contributed by atoms with Gasteiger partial charge in [0.15, 0.2) is 0 Å². The molecular formula is C17H19N3O2S. The summed E-state index contributed by atoms with van der Waals surface area (Å²) in [7, 11) is 0. The van der Waals surface area contributed by atoms with Crippen LogP contribution in [0.1, 0.15) is 4.88 Å². The molecule has 1 N–H and O–H groups in total. The number of hydrogen-bond acceptors (Lipinski definition) is 3. The molecule has 0 atom stereocenters. The van der Waals surface area contributed by atoms with Gasteiger partial charge in [0.2, 0.25) is 5.91 Å². The van der Waals surface area contributed by atoms with Gasteiger partial charge in [0, 0.05) is 36.7 Å². The molecule has 23 heavy (non-hydrogen) atoms. The Bertz CT molecular complexity index is 650. The molecule has 0 spiro atoms. The van der Waals surface area contributed by atoms with Crippen LogP contribution >= 0.6 is 11.3 Å². The Morgan fingerprint density at radius 3 is 2.30 bits per heavy atom. The molecule has 0 radical (unpaired) electrons. The van der Waals surface area contributed by atoms with E-state index in [1.807, 2.05) is 52.7 Å². The number of rotatable bonds is 3. The van der Waals surface area contributed by atoms with Crippen LogP contribution in [0.4, 0.5) is 10.5 Å². The van der Waals surface area contributed by atoms with Gasteiger partial charge in [0.1, 0.15) is 0 Å². The smallest absolute Gasteiger partial charge is 0.321 e. The number of hydrogen-bond donors (Lipinski definition) is 1. The van der Waals surface area contributed by atoms with E-state index in [-0.39, 0.29) is 11.9 Å². The Morgan fingerprint density at radius 2 is 1.65 bits per heavy atom. The lowest BCUT2D eigenvalue weighted by Gasteiger charge is -2.34. The zero-order valence-electron chi connectivity index (χ0n) is 12.8. The van der Waals surface area contributed by atoms with Crippen molar-refractivity contribution < 1.29 is 9.59 Å². The van der Waals surface area contributed by atoms with E-state index in [4.69, 9.17) is 0 Å². The molecule has 3 amide bonds. The molecule has 0 aliphatic carbocycles. The molecular weight excluding hydrogens is 310 g/mol. The van der Waals surface area contributed by atoms with Crippen molar-refractivity contribution >= 4 is 29.0 Å². The number of nitrogens with one attached hydrogen (secondary N) is 1. The summed E-state index contributed by atoms with van der Waals surface area (Å²) in [5.74, 6) is 0.135. The molecule has 120 valence electrons. The second-order valence-electron chi connectivity index (χ2n) is 5.42. The maximum absolute atomic E-state index is 12.2. The maximum Gasteiger partial charge on any atom is 0.321 e. The molecule has 2 aromatic rings. The van der Waals surface area contributed by atoms with Crippen molar-refractivity contribution in [1.29, 1.82) is 0 Å². The van der Waals surface area contributed by atoms with Crippen molar-refractivity contribution in [3.63, 3.8) is 0 Å². The Hall–Kier alpha value is -2.34. The number of amides is 3. The van der Waals surface area contributed by atoms with Crippen molar-refractivity contribution in [3.05, 3.63) is 52.7 Å². The van der Waals surface area contributed by atoms with Crippen LogP contribution in [0.2, 0.25) is 0 Å². The largest absolute Gasteiger partial charge is 0.339 e. The molecule has 1 aromatic heterocycles. The molecule has 1 aliphatic rings. The van der Waals surface area contributed by atoms with Crippen molar-refractivity contribution in [2.45, 2.75) is 6.42 Å². The Morgan fingerprint density at radius 1 is 0.957 bits per heavy atom. The molecule has 1 saturated heterocycles. The van der Waals surface area contributed by atoms with E-state index in [2.05, 4.69) is 5.32 Å². The third-order valence-corrected chi connectivity index (χ3v) is 4.73. The first-order chi connectivity index (χ1) is 11.2. The minimum Gasteiger partial charge on any atom is -0.339 e. The molecule has 6 heteroatoms. The number of carbonyl (C=O) groups is 2. The van der Waals surface area contributed by atoms with Crippen molar-refractivity contribution in [2.75, 3.05) is 31.5 Å². The van der Waals surface area contributed by atoms with Crippen LogP contribution in [0.5, 0.6) is 0 Å². The van der Waals surface area contributed by atoms with Gasteiger partial charge in [-0.1, -0.05) is 24.3 Å². The molecule has 3 rings (SSSR count). The van der Waals surface area contributed by atoms with E-state index in [1.165, 1.54) is 0 Å².